The Balaban J connectivity index is 1.69. The molecular formula is C23H19N3O2S. The van der Waals surface area contributed by atoms with Crippen LogP contribution in [0.4, 0.5) is 5.69 Å². The molecule has 3 aromatic carbocycles. The highest BCUT2D eigenvalue weighted by molar-refractivity contribution is 7.99. The maximum atomic E-state index is 13.2. The average molecular weight is 401 g/mol. The summed E-state index contributed by atoms with van der Waals surface area (Å²) in [6, 6.07) is 26.1. The van der Waals surface area contributed by atoms with E-state index in [2.05, 4.69) is 4.98 Å². The number of carbonyl (C=O) groups is 1. The minimum atomic E-state index is -0.145. The summed E-state index contributed by atoms with van der Waals surface area (Å²) in [5.41, 5.74) is 2.02. The molecule has 29 heavy (non-hydrogen) atoms. The first kappa shape index (κ1) is 19.0. The first-order valence-corrected chi connectivity index (χ1v) is 10.2. The van der Waals surface area contributed by atoms with Crippen LogP contribution in [0, 0.1) is 0 Å². The molecule has 0 fully saturated rings. The molecule has 0 N–H and O–H groups in total. The van der Waals surface area contributed by atoms with Gasteiger partial charge in [0.15, 0.2) is 5.16 Å². The van der Waals surface area contributed by atoms with Gasteiger partial charge in [0.2, 0.25) is 5.91 Å². The molecule has 6 heteroatoms. The molecule has 0 aliphatic carbocycles. The molecule has 1 aromatic heterocycles. The zero-order valence-corrected chi connectivity index (χ0v) is 16.7. The van der Waals surface area contributed by atoms with Gasteiger partial charge < -0.3 is 4.90 Å². The molecule has 0 bridgehead atoms. The van der Waals surface area contributed by atoms with Crippen LogP contribution in [0.3, 0.4) is 0 Å². The zero-order valence-electron chi connectivity index (χ0n) is 15.9. The summed E-state index contributed by atoms with van der Waals surface area (Å²) in [6.45, 7) is 0. The minimum absolute atomic E-state index is 0.0665. The number of hydrogen-bond donors (Lipinski definition) is 0. The van der Waals surface area contributed by atoms with Crippen LogP contribution in [0.15, 0.2) is 94.9 Å². The van der Waals surface area contributed by atoms with Gasteiger partial charge in [-0.3, -0.25) is 14.2 Å². The number of carbonyl (C=O) groups excluding carboxylic acids is 1. The maximum absolute atomic E-state index is 13.2. The van der Waals surface area contributed by atoms with Crippen molar-refractivity contribution in [1.82, 2.24) is 9.55 Å². The Morgan fingerprint density at radius 3 is 2.28 bits per heavy atom. The van der Waals surface area contributed by atoms with Gasteiger partial charge in [-0.2, -0.15) is 0 Å². The van der Waals surface area contributed by atoms with E-state index in [0.29, 0.717) is 16.1 Å². The third kappa shape index (κ3) is 3.93. The zero-order chi connectivity index (χ0) is 20.2. The lowest BCUT2D eigenvalue weighted by atomic mass is 10.2. The number of aromatic nitrogens is 2. The van der Waals surface area contributed by atoms with Gasteiger partial charge in [0, 0.05) is 12.7 Å². The van der Waals surface area contributed by atoms with Crippen LogP contribution in [0.1, 0.15) is 0 Å². The first-order chi connectivity index (χ1) is 14.1. The third-order valence-electron chi connectivity index (χ3n) is 4.60. The number of thioether (sulfide) groups is 1. The molecule has 0 spiro atoms. The molecule has 0 aliphatic heterocycles. The molecule has 144 valence electrons. The molecule has 0 saturated heterocycles. The topological polar surface area (TPSA) is 55.2 Å². The fraction of sp³-hybridized carbons (Fsp3) is 0.0870. The van der Waals surface area contributed by atoms with Crippen molar-refractivity contribution < 1.29 is 4.79 Å². The van der Waals surface area contributed by atoms with E-state index in [1.165, 1.54) is 11.8 Å². The van der Waals surface area contributed by atoms with Gasteiger partial charge in [0.1, 0.15) is 0 Å². The predicted octanol–water partition coefficient (Wildman–Crippen LogP) is 4.14. The molecule has 0 saturated carbocycles. The van der Waals surface area contributed by atoms with Crippen LogP contribution in [0.2, 0.25) is 0 Å². The normalized spacial score (nSPS) is 10.8. The highest BCUT2D eigenvalue weighted by atomic mass is 32.2. The lowest BCUT2D eigenvalue weighted by molar-refractivity contribution is -0.115. The van der Waals surface area contributed by atoms with Crippen molar-refractivity contribution in [2.24, 2.45) is 0 Å². The highest BCUT2D eigenvalue weighted by Gasteiger charge is 2.16. The lowest BCUT2D eigenvalue weighted by Gasteiger charge is -2.18. The van der Waals surface area contributed by atoms with E-state index in [4.69, 9.17) is 0 Å². The van der Waals surface area contributed by atoms with E-state index in [1.807, 2.05) is 78.9 Å². The van der Waals surface area contributed by atoms with Gasteiger partial charge in [-0.15, -0.1) is 0 Å². The van der Waals surface area contributed by atoms with Crippen molar-refractivity contribution in [2.45, 2.75) is 5.16 Å². The van der Waals surface area contributed by atoms with E-state index in [9.17, 15) is 9.59 Å². The second kappa shape index (κ2) is 8.32. The van der Waals surface area contributed by atoms with Crippen molar-refractivity contribution in [3.8, 4) is 5.69 Å². The second-order valence-corrected chi connectivity index (χ2v) is 7.41. The van der Waals surface area contributed by atoms with E-state index in [1.54, 1.807) is 22.6 Å². The van der Waals surface area contributed by atoms with Gasteiger partial charge >= 0.3 is 0 Å². The summed E-state index contributed by atoms with van der Waals surface area (Å²) in [4.78, 5) is 32.1. The number of para-hydroxylation sites is 3. The molecule has 5 nitrogen and oxygen atoms in total. The Kier molecular flexibility index (Phi) is 5.44. The SMILES string of the molecule is CN(C(=O)CSc1nc2ccccc2c(=O)n1-c1ccccc1)c1ccccc1. The van der Waals surface area contributed by atoms with Crippen molar-refractivity contribution in [3.05, 3.63) is 95.3 Å². The Labute approximate surface area is 172 Å². The van der Waals surface area contributed by atoms with E-state index >= 15 is 0 Å². The average Bonchev–Trinajstić information content (AvgIpc) is 2.78. The third-order valence-corrected chi connectivity index (χ3v) is 5.53. The van der Waals surface area contributed by atoms with Crippen LogP contribution in [-0.2, 0) is 4.79 Å². The summed E-state index contributed by atoms with van der Waals surface area (Å²) < 4.78 is 1.57. The summed E-state index contributed by atoms with van der Waals surface area (Å²) >= 11 is 1.26. The van der Waals surface area contributed by atoms with Crippen LogP contribution in [-0.4, -0.2) is 28.3 Å². The standard InChI is InChI=1S/C23H19N3O2S/c1-25(17-10-4-2-5-11-17)21(27)16-29-23-24-20-15-9-8-14-19(20)22(28)26(23)18-12-6-3-7-13-18/h2-15H,16H2,1H3. The summed E-state index contributed by atoms with van der Waals surface area (Å²) in [5, 5.41) is 1.04. The lowest BCUT2D eigenvalue weighted by Crippen LogP contribution is -2.28. The molecular weight excluding hydrogens is 382 g/mol. The fourth-order valence-electron chi connectivity index (χ4n) is 3.03. The molecule has 1 heterocycles. The van der Waals surface area contributed by atoms with Crippen molar-refractivity contribution in [1.29, 1.82) is 0 Å². The number of rotatable bonds is 5. The quantitative estimate of drug-likeness (QED) is 0.373. The number of benzene rings is 3. The van der Waals surface area contributed by atoms with E-state index in [-0.39, 0.29) is 17.2 Å². The largest absolute Gasteiger partial charge is 0.315 e. The molecule has 4 aromatic rings. The van der Waals surface area contributed by atoms with Gasteiger partial charge in [0.25, 0.3) is 5.56 Å². The highest BCUT2D eigenvalue weighted by Crippen LogP contribution is 2.22. The van der Waals surface area contributed by atoms with E-state index in [0.717, 1.165) is 11.4 Å². The minimum Gasteiger partial charge on any atom is -0.315 e. The van der Waals surface area contributed by atoms with Gasteiger partial charge in [-0.1, -0.05) is 60.3 Å². The van der Waals surface area contributed by atoms with Crippen molar-refractivity contribution in [2.75, 3.05) is 17.7 Å². The summed E-state index contributed by atoms with van der Waals surface area (Å²) in [6.07, 6.45) is 0. The van der Waals surface area contributed by atoms with Gasteiger partial charge in [0.05, 0.1) is 22.3 Å². The summed E-state index contributed by atoms with van der Waals surface area (Å²) in [7, 11) is 1.75. The Morgan fingerprint density at radius 2 is 1.55 bits per heavy atom. The maximum Gasteiger partial charge on any atom is 0.266 e. The van der Waals surface area contributed by atoms with Crippen LogP contribution in [0.5, 0.6) is 0 Å². The first-order valence-electron chi connectivity index (χ1n) is 9.17. The number of hydrogen-bond acceptors (Lipinski definition) is 4. The predicted molar refractivity (Wildman–Crippen MR) is 118 cm³/mol. The Bertz CT molecular complexity index is 1210. The Hall–Kier alpha value is -3.38. The van der Waals surface area contributed by atoms with E-state index < -0.39 is 0 Å². The Morgan fingerprint density at radius 1 is 0.931 bits per heavy atom. The number of fused-ring (bicyclic) bond motifs is 1. The molecule has 4 rings (SSSR count). The van der Waals surface area contributed by atoms with Crippen molar-refractivity contribution >= 4 is 34.3 Å². The molecule has 0 atom stereocenters. The van der Waals surface area contributed by atoms with Gasteiger partial charge in [-0.25, -0.2) is 4.98 Å². The molecule has 0 aliphatic rings. The van der Waals surface area contributed by atoms with Crippen LogP contribution in [0.25, 0.3) is 16.6 Å². The van der Waals surface area contributed by atoms with Crippen LogP contribution < -0.4 is 10.5 Å². The monoisotopic (exact) mass is 401 g/mol. The van der Waals surface area contributed by atoms with Gasteiger partial charge in [-0.05, 0) is 36.4 Å². The molecule has 0 unspecified atom stereocenters. The van der Waals surface area contributed by atoms with Crippen molar-refractivity contribution in [3.63, 3.8) is 0 Å². The smallest absolute Gasteiger partial charge is 0.266 e. The number of anilines is 1. The fourth-order valence-corrected chi connectivity index (χ4v) is 3.96. The number of nitrogens with zero attached hydrogens (tertiary/aromatic N) is 3. The summed E-state index contributed by atoms with van der Waals surface area (Å²) in [5.74, 6) is 0.103. The molecule has 1 amide bonds. The molecule has 0 radical (unpaired) electrons. The number of amides is 1. The van der Waals surface area contributed by atoms with Crippen LogP contribution >= 0.6 is 11.8 Å². The second-order valence-electron chi connectivity index (χ2n) is 6.46.